The summed E-state index contributed by atoms with van der Waals surface area (Å²) in [6.07, 6.45) is 3.36. The summed E-state index contributed by atoms with van der Waals surface area (Å²) in [5, 5.41) is 0.301. The van der Waals surface area contributed by atoms with Crippen molar-refractivity contribution in [3.63, 3.8) is 0 Å². The van der Waals surface area contributed by atoms with Crippen LogP contribution in [-0.4, -0.2) is 14.4 Å². The lowest BCUT2D eigenvalue weighted by atomic mass is 10.0. The van der Waals surface area contributed by atoms with Crippen molar-refractivity contribution in [1.29, 1.82) is 0 Å². The van der Waals surface area contributed by atoms with Gasteiger partial charge in [-0.25, -0.2) is 0 Å². The highest BCUT2D eigenvalue weighted by Crippen LogP contribution is 2.38. The second-order valence-corrected chi connectivity index (χ2v) is 10.8. The minimum atomic E-state index is -1.59. The monoisotopic (exact) mass is 228 g/mol. The largest absolute Gasteiger partial charge is 0.414 e. The van der Waals surface area contributed by atoms with Crippen LogP contribution in [0.1, 0.15) is 41.0 Å². The van der Waals surface area contributed by atoms with E-state index >= 15 is 0 Å². The Morgan fingerprint density at radius 2 is 1.73 bits per heavy atom. The predicted octanol–water partition coefficient (Wildman–Crippen LogP) is 4.61. The number of hydrogen-bond acceptors (Lipinski definition) is 1. The zero-order chi connectivity index (χ0) is 12.3. The number of rotatable bonds is 5. The van der Waals surface area contributed by atoms with Crippen molar-refractivity contribution in [2.75, 3.05) is 0 Å². The van der Waals surface area contributed by atoms with Crippen molar-refractivity contribution in [2.24, 2.45) is 5.92 Å². The molecule has 1 nitrogen and oxygen atoms in total. The van der Waals surface area contributed by atoms with Crippen molar-refractivity contribution in [2.45, 2.75) is 65.3 Å². The Labute approximate surface area is 97.0 Å². The third-order valence-corrected chi connectivity index (χ3v) is 8.20. The second kappa shape index (κ2) is 5.31. The minimum Gasteiger partial charge on any atom is -0.414 e. The van der Waals surface area contributed by atoms with Gasteiger partial charge in [-0.05, 0) is 37.4 Å². The molecule has 90 valence electrons. The summed E-state index contributed by atoms with van der Waals surface area (Å²) < 4.78 is 6.31. The van der Waals surface area contributed by atoms with Crippen LogP contribution in [0.15, 0.2) is 12.7 Å². The lowest BCUT2D eigenvalue weighted by Gasteiger charge is -2.39. The van der Waals surface area contributed by atoms with Crippen LogP contribution in [0.4, 0.5) is 0 Å². The first-order valence-corrected chi connectivity index (χ1v) is 8.81. The fourth-order valence-electron chi connectivity index (χ4n) is 1.21. The van der Waals surface area contributed by atoms with Crippen LogP contribution in [0.25, 0.3) is 0 Å². The van der Waals surface area contributed by atoms with Gasteiger partial charge in [-0.3, -0.25) is 0 Å². The normalized spacial score (nSPS) is 17.3. The average molecular weight is 228 g/mol. The summed E-state index contributed by atoms with van der Waals surface area (Å²) >= 11 is 0. The van der Waals surface area contributed by atoms with Gasteiger partial charge < -0.3 is 4.43 Å². The Bertz CT molecular complexity index is 203. The fourth-order valence-corrected chi connectivity index (χ4v) is 2.73. The van der Waals surface area contributed by atoms with E-state index in [4.69, 9.17) is 4.43 Å². The highest BCUT2D eigenvalue weighted by molar-refractivity contribution is 6.74. The van der Waals surface area contributed by atoms with Gasteiger partial charge in [-0.15, -0.1) is 6.58 Å². The molecule has 0 N–H and O–H groups in total. The molecular weight excluding hydrogens is 200 g/mol. The van der Waals surface area contributed by atoms with E-state index in [0.717, 1.165) is 6.42 Å². The Morgan fingerprint density at radius 3 is 2.07 bits per heavy atom. The molecule has 0 rings (SSSR count). The molecule has 0 aromatic heterocycles. The molecular formula is C13H28OSi. The molecule has 0 aliphatic heterocycles. The molecule has 2 atom stereocenters. The summed E-state index contributed by atoms with van der Waals surface area (Å²) in [6, 6.07) is 0. The smallest absolute Gasteiger partial charge is 0.192 e. The van der Waals surface area contributed by atoms with Crippen molar-refractivity contribution >= 4 is 8.32 Å². The van der Waals surface area contributed by atoms with Gasteiger partial charge in [-0.1, -0.05) is 33.8 Å². The lowest BCUT2D eigenvalue weighted by molar-refractivity contribution is 0.144. The standard InChI is InChI=1S/C13H28OSi/c1-9-10-11(2)12(3)14-15(7,8)13(4,5)6/h9,11-12H,1,10H2,2-8H3/t11-,12+/m1/s1. The molecule has 0 saturated carbocycles. The summed E-state index contributed by atoms with van der Waals surface area (Å²) in [5.41, 5.74) is 0. The third kappa shape index (κ3) is 4.52. The fraction of sp³-hybridized carbons (Fsp3) is 0.846. The van der Waals surface area contributed by atoms with Crippen molar-refractivity contribution in [1.82, 2.24) is 0 Å². The third-order valence-electron chi connectivity index (χ3n) is 3.63. The van der Waals surface area contributed by atoms with Gasteiger partial charge >= 0.3 is 0 Å². The predicted molar refractivity (Wildman–Crippen MR) is 71.7 cm³/mol. The van der Waals surface area contributed by atoms with Gasteiger partial charge in [0.2, 0.25) is 0 Å². The van der Waals surface area contributed by atoms with Gasteiger partial charge in [0.1, 0.15) is 0 Å². The molecule has 0 saturated heterocycles. The van der Waals surface area contributed by atoms with E-state index in [1.165, 1.54) is 0 Å². The van der Waals surface area contributed by atoms with Crippen LogP contribution in [0.5, 0.6) is 0 Å². The van der Waals surface area contributed by atoms with E-state index in [2.05, 4.69) is 54.3 Å². The minimum absolute atomic E-state index is 0.301. The first-order chi connectivity index (χ1) is 6.62. The zero-order valence-corrected chi connectivity index (χ0v) is 12.6. The van der Waals surface area contributed by atoms with Gasteiger partial charge in [-0.2, -0.15) is 0 Å². The summed E-state index contributed by atoms with van der Waals surface area (Å²) in [5.74, 6) is 0.566. The molecule has 0 heterocycles. The van der Waals surface area contributed by atoms with Crippen LogP contribution >= 0.6 is 0 Å². The molecule has 0 radical (unpaired) electrons. The maximum atomic E-state index is 6.31. The first-order valence-electron chi connectivity index (χ1n) is 5.90. The molecule has 0 spiro atoms. The summed E-state index contributed by atoms with van der Waals surface area (Å²) in [4.78, 5) is 0. The zero-order valence-electron chi connectivity index (χ0n) is 11.6. The molecule has 0 amide bonds. The Kier molecular flexibility index (Phi) is 5.28. The SMILES string of the molecule is C=CC[C@@H](C)[C@H](C)O[Si](C)(C)C(C)(C)C. The van der Waals surface area contributed by atoms with Crippen LogP contribution < -0.4 is 0 Å². The Balaban J connectivity index is 4.39. The average Bonchev–Trinajstić information content (AvgIpc) is 2.01. The van der Waals surface area contributed by atoms with E-state index in [0.29, 0.717) is 17.1 Å². The molecule has 0 aromatic rings. The topological polar surface area (TPSA) is 9.23 Å². The van der Waals surface area contributed by atoms with Crippen LogP contribution in [0.2, 0.25) is 18.1 Å². The van der Waals surface area contributed by atoms with Gasteiger partial charge in [0.05, 0.1) is 0 Å². The van der Waals surface area contributed by atoms with Crippen LogP contribution in [0.3, 0.4) is 0 Å². The Morgan fingerprint density at radius 1 is 1.27 bits per heavy atom. The van der Waals surface area contributed by atoms with E-state index in [9.17, 15) is 0 Å². The van der Waals surface area contributed by atoms with Crippen molar-refractivity contribution in [3.8, 4) is 0 Å². The lowest BCUT2D eigenvalue weighted by Crippen LogP contribution is -2.44. The molecule has 15 heavy (non-hydrogen) atoms. The molecule has 0 fully saturated rings. The van der Waals surface area contributed by atoms with Gasteiger partial charge in [0.15, 0.2) is 8.32 Å². The van der Waals surface area contributed by atoms with E-state index in [1.54, 1.807) is 0 Å². The second-order valence-electron chi connectivity index (χ2n) is 6.08. The van der Waals surface area contributed by atoms with E-state index in [1.807, 2.05) is 6.08 Å². The molecule has 0 aliphatic rings. The van der Waals surface area contributed by atoms with E-state index in [-0.39, 0.29) is 0 Å². The van der Waals surface area contributed by atoms with Gasteiger partial charge in [0.25, 0.3) is 0 Å². The molecule has 2 heteroatoms. The summed E-state index contributed by atoms with van der Waals surface area (Å²) in [6.45, 7) is 19.7. The highest BCUT2D eigenvalue weighted by Gasteiger charge is 2.38. The maximum Gasteiger partial charge on any atom is 0.192 e. The quantitative estimate of drug-likeness (QED) is 0.493. The highest BCUT2D eigenvalue weighted by atomic mass is 28.4. The molecule has 0 aromatic carbocycles. The maximum absolute atomic E-state index is 6.31. The van der Waals surface area contributed by atoms with Crippen molar-refractivity contribution in [3.05, 3.63) is 12.7 Å². The number of allylic oxidation sites excluding steroid dienone is 1. The molecule has 0 unspecified atom stereocenters. The van der Waals surface area contributed by atoms with E-state index < -0.39 is 8.32 Å². The van der Waals surface area contributed by atoms with Crippen LogP contribution in [0, 0.1) is 5.92 Å². The van der Waals surface area contributed by atoms with Crippen LogP contribution in [-0.2, 0) is 4.43 Å². The number of hydrogen-bond donors (Lipinski definition) is 0. The molecule has 0 aliphatic carbocycles. The Hall–Kier alpha value is -0.0831. The molecule has 0 bridgehead atoms. The summed E-state index contributed by atoms with van der Waals surface area (Å²) in [7, 11) is -1.59. The van der Waals surface area contributed by atoms with Gasteiger partial charge in [0, 0.05) is 6.10 Å². The van der Waals surface area contributed by atoms with Crippen molar-refractivity contribution < 1.29 is 4.43 Å². The first kappa shape index (κ1) is 14.9.